The predicted octanol–water partition coefficient (Wildman–Crippen LogP) is 3.77. The summed E-state index contributed by atoms with van der Waals surface area (Å²) in [5.74, 6) is 0.951. The van der Waals surface area contributed by atoms with Crippen molar-refractivity contribution in [3.8, 4) is 11.4 Å². The molecule has 5 heteroatoms. The van der Waals surface area contributed by atoms with Gasteiger partial charge in [0.15, 0.2) is 0 Å². The van der Waals surface area contributed by atoms with E-state index in [0.29, 0.717) is 0 Å². The molecule has 25 heavy (non-hydrogen) atoms. The largest absolute Gasteiger partial charge is 0.497 e. The van der Waals surface area contributed by atoms with E-state index in [1.165, 1.54) is 6.42 Å². The molecule has 0 saturated carbocycles. The third-order valence-corrected chi connectivity index (χ3v) is 4.85. The van der Waals surface area contributed by atoms with Crippen LogP contribution in [0.5, 0.6) is 5.75 Å². The van der Waals surface area contributed by atoms with Gasteiger partial charge in [0.1, 0.15) is 5.75 Å². The summed E-state index contributed by atoms with van der Waals surface area (Å²) in [4.78, 5) is 15.1. The van der Waals surface area contributed by atoms with E-state index in [1.54, 1.807) is 7.11 Å². The molecule has 5 nitrogen and oxygen atoms in total. The third kappa shape index (κ3) is 3.55. The van der Waals surface area contributed by atoms with E-state index < -0.39 is 0 Å². The average molecular weight is 341 g/mol. The lowest BCUT2D eigenvalue weighted by atomic mass is 10.1. The van der Waals surface area contributed by atoms with Gasteiger partial charge in [-0.15, -0.1) is 0 Å². The zero-order chi connectivity index (χ0) is 17.8. The van der Waals surface area contributed by atoms with Gasteiger partial charge < -0.3 is 9.64 Å². The first-order valence-corrected chi connectivity index (χ1v) is 9.18. The van der Waals surface area contributed by atoms with Crippen LogP contribution in [-0.2, 0) is 6.42 Å². The van der Waals surface area contributed by atoms with Crippen LogP contribution in [0.1, 0.15) is 54.4 Å². The summed E-state index contributed by atoms with van der Waals surface area (Å²) in [5.41, 5.74) is 3.57. The molecule has 0 spiro atoms. The maximum Gasteiger partial charge on any atom is 0.257 e. The molecule has 2 aromatic rings. The molecule has 0 aliphatic carbocycles. The molecule has 0 unspecified atom stereocenters. The smallest absolute Gasteiger partial charge is 0.257 e. The van der Waals surface area contributed by atoms with Gasteiger partial charge in [0.05, 0.1) is 29.7 Å². The van der Waals surface area contributed by atoms with E-state index in [2.05, 4.69) is 6.92 Å². The van der Waals surface area contributed by atoms with Crippen LogP contribution in [0.25, 0.3) is 5.69 Å². The molecule has 0 N–H and O–H groups in total. The van der Waals surface area contributed by atoms with Crippen molar-refractivity contribution in [2.75, 3.05) is 20.2 Å². The Bertz CT molecular complexity index is 728. The first-order valence-electron chi connectivity index (χ1n) is 9.18. The van der Waals surface area contributed by atoms with E-state index in [9.17, 15) is 4.79 Å². The monoisotopic (exact) mass is 341 g/mol. The minimum atomic E-state index is 0.139. The normalized spacial score (nSPS) is 14.6. The van der Waals surface area contributed by atoms with Gasteiger partial charge in [-0.1, -0.05) is 13.3 Å². The number of benzene rings is 1. The van der Waals surface area contributed by atoms with Crippen molar-refractivity contribution in [3.63, 3.8) is 0 Å². The van der Waals surface area contributed by atoms with Crippen molar-refractivity contribution in [1.29, 1.82) is 0 Å². The first-order chi connectivity index (χ1) is 12.2. The second-order valence-electron chi connectivity index (χ2n) is 6.62. The number of piperidine rings is 1. The van der Waals surface area contributed by atoms with Crippen molar-refractivity contribution in [1.82, 2.24) is 14.7 Å². The maximum atomic E-state index is 13.1. The Hall–Kier alpha value is -2.30. The Morgan fingerprint density at radius 1 is 1.16 bits per heavy atom. The van der Waals surface area contributed by atoms with Crippen molar-refractivity contribution < 1.29 is 9.53 Å². The molecule has 0 atom stereocenters. The molecule has 1 aliphatic rings. The summed E-state index contributed by atoms with van der Waals surface area (Å²) in [6, 6.07) is 7.79. The number of aromatic nitrogens is 2. The van der Waals surface area contributed by atoms with Crippen LogP contribution in [0.15, 0.2) is 24.3 Å². The number of methoxy groups -OCH3 is 1. The third-order valence-electron chi connectivity index (χ3n) is 4.85. The molecule has 1 fully saturated rings. The van der Waals surface area contributed by atoms with Gasteiger partial charge in [-0.05, 0) is 56.9 Å². The number of ether oxygens (including phenoxy) is 1. The fourth-order valence-corrected chi connectivity index (χ4v) is 3.48. The Morgan fingerprint density at radius 3 is 2.44 bits per heavy atom. The fraction of sp³-hybridized carbons (Fsp3) is 0.500. The molecule has 3 rings (SSSR count). The zero-order valence-corrected chi connectivity index (χ0v) is 15.4. The first kappa shape index (κ1) is 17.5. The highest BCUT2D eigenvalue weighted by Crippen LogP contribution is 2.24. The van der Waals surface area contributed by atoms with Gasteiger partial charge in [0.25, 0.3) is 5.91 Å². The van der Waals surface area contributed by atoms with Crippen LogP contribution in [0.4, 0.5) is 0 Å². The van der Waals surface area contributed by atoms with Gasteiger partial charge in [0.2, 0.25) is 0 Å². The molecule has 1 aromatic heterocycles. The van der Waals surface area contributed by atoms with Crippen LogP contribution >= 0.6 is 0 Å². The van der Waals surface area contributed by atoms with Crippen molar-refractivity contribution in [2.45, 2.75) is 46.0 Å². The summed E-state index contributed by atoms with van der Waals surface area (Å²) >= 11 is 0. The van der Waals surface area contributed by atoms with Crippen LogP contribution < -0.4 is 4.74 Å². The Labute approximate surface area is 149 Å². The highest BCUT2D eigenvalue weighted by molar-refractivity contribution is 5.96. The van der Waals surface area contributed by atoms with E-state index in [0.717, 1.165) is 67.2 Å². The van der Waals surface area contributed by atoms with E-state index in [1.807, 2.05) is 40.8 Å². The second-order valence-corrected chi connectivity index (χ2v) is 6.62. The number of rotatable bonds is 5. The van der Waals surface area contributed by atoms with Crippen LogP contribution in [0.2, 0.25) is 0 Å². The second kappa shape index (κ2) is 7.72. The van der Waals surface area contributed by atoms with Crippen molar-refractivity contribution in [2.24, 2.45) is 0 Å². The van der Waals surface area contributed by atoms with Gasteiger partial charge >= 0.3 is 0 Å². The molecule has 0 bridgehead atoms. The summed E-state index contributed by atoms with van der Waals surface area (Å²) in [5, 5.41) is 4.77. The number of nitrogens with zero attached hydrogens (tertiary/aromatic N) is 3. The summed E-state index contributed by atoms with van der Waals surface area (Å²) in [7, 11) is 1.66. The number of hydrogen-bond acceptors (Lipinski definition) is 3. The van der Waals surface area contributed by atoms with Gasteiger partial charge in [-0.25, -0.2) is 4.68 Å². The number of hydrogen-bond donors (Lipinski definition) is 0. The van der Waals surface area contributed by atoms with Crippen molar-refractivity contribution >= 4 is 5.91 Å². The summed E-state index contributed by atoms with van der Waals surface area (Å²) in [6.07, 6.45) is 5.20. The number of amides is 1. The topological polar surface area (TPSA) is 47.4 Å². The molecule has 2 heterocycles. The molecular formula is C20H27N3O2. The Balaban J connectivity index is 1.98. The summed E-state index contributed by atoms with van der Waals surface area (Å²) in [6.45, 7) is 5.83. The van der Waals surface area contributed by atoms with Gasteiger partial charge in [0, 0.05) is 13.1 Å². The predicted molar refractivity (Wildman–Crippen MR) is 98.6 cm³/mol. The highest BCUT2D eigenvalue weighted by Gasteiger charge is 2.26. The minimum Gasteiger partial charge on any atom is -0.497 e. The molecule has 1 amide bonds. The summed E-state index contributed by atoms with van der Waals surface area (Å²) < 4.78 is 7.12. The van der Waals surface area contributed by atoms with E-state index >= 15 is 0 Å². The lowest BCUT2D eigenvalue weighted by molar-refractivity contribution is 0.0722. The average Bonchev–Trinajstić information content (AvgIpc) is 2.98. The van der Waals surface area contributed by atoms with Crippen molar-refractivity contribution in [3.05, 3.63) is 41.2 Å². The lowest BCUT2D eigenvalue weighted by Crippen LogP contribution is -2.36. The molecule has 1 saturated heterocycles. The zero-order valence-electron chi connectivity index (χ0n) is 15.4. The quantitative estimate of drug-likeness (QED) is 0.832. The number of carbonyl (C=O) groups is 1. The van der Waals surface area contributed by atoms with Crippen LogP contribution in [0, 0.1) is 6.92 Å². The lowest BCUT2D eigenvalue weighted by Gasteiger charge is -2.27. The maximum absolute atomic E-state index is 13.1. The Kier molecular flexibility index (Phi) is 5.41. The number of carbonyl (C=O) groups excluding carboxylic acids is 1. The van der Waals surface area contributed by atoms with Crippen LogP contribution in [0.3, 0.4) is 0 Å². The molecule has 134 valence electrons. The number of aryl methyl sites for hydroxylation is 1. The van der Waals surface area contributed by atoms with Gasteiger partial charge in [-0.3, -0.25) is 4.79 Å². The molecular weight excluding hydrogens is 314 g/mol. The van der Waals surface area contributed by atoms with Crippen LogP contribution in [-0.4, -0.2) is 40.8 Å². The molecule has 1 aromatic carbocycles. The standard InChI is InChI=1S/C20H27N3O2/c1-4-8-18-19(20(24)22-13-6-5-7-14-22)15(2)23(21-18)16-9-11-17(25-3)12-10-16/h9-12H,4-8,13-14H2,1-3H3. The molecule has 1 aliphatic heterocycles. The fourth-order valence-electron chi connectivity index (χ4n) is 3.48. The highest BCUT2D eigenvalue weighted by atomic mass is 16.5. The Morgan fingerprint density at radius 2 is 1.84 bits per heavy atom. The number of likely N-dealkylation sites (tertiary alicyclic amines) is 1. The minimum absolute atomic E-state index is 0.139. The van der Waals surface area contributed by atoms with E-state index in [-0.39, 0.29) is 5.91 Å². The van der Waals surface area contributed by atoms with Gasteiger partial charge in [-0.2, -0.15) is 5.10 Å². The van der Waals surface area contributed by atoms with E-state index in [4.69, 9.17) is 9.84 Å². The molecule has 0 radical (unpaired) electrons. The SMILES string of the molecule is CCCc1nn(-c2ccc(OC)cc2)c(C)c1C(=O)N1CCCCC1.